The van der Waals surface area contributed by atoms with E-state index >= 15 is 0 Å². The van der Waals surface area contributed by atoms with E-state index in [-0.39, 0.29) is 0 Å². The first-order valence-electron chi connectivity index (χ1n) is 5.51. The summed E-state index contributed by atoms with van der Waals surface area (Å²) in [6, 6.07) is 9.50. The van der Waals surface area contributed by atoms with Crippen molar-refractivity contribution in [1.82, 2.24) is 10.1 Å². The molecule has 2 heterocycles. The lowest BCUT2D eigenvalue weighted by Crippen LogP contribution is -1.88. The highest BCUT2D eigenvalue weighted by molar-refractivity contribution is 7.07. The lowest BCUT2D eigenvalue weighted by molar-refractivity contribution is 0.386. The predicted molar refractivity (Wildman–Crippen MR) is 71.3 cm³/mol. The summed E-state index contributed by atoms with van der Waals surface area (Å²) in [5, 5.41) is 8.08. The molecule has 0 spiro atoms. The molecule has 1 aromatic carbocycles. The first-order chi connectivity index (χ1) is 8.81. The van der Waals surface area contributed by atoms with Gasteiger partial charge in [0.05, 0.1) is 6.42 Å². The van der Waals surface area contributed by atoms with E-state index in [2.05, 4.69) is 21.6 Å². The number of hydrogen-bond acceptors (Lipinski definition) is 5. The van der Waals surface area contributed by atoms with Crippen LogP contribution >= 0.6 is 11.3 Å². The highest BCUT2D eigenvalue weighted by atomic mass is 32.1. The second-order valence-corrected chi connectivity index (χ2v) is 4.73. The van der Waals surface area contributed by atoms with Crippen molar-refractivity contribution >= 4 is 17.0 Å². The first kappa shape index (κ1) is 11.0. The van der Waals surface area contributed by atoms with Crippen LogP contribution in [0, 0.1) is 0 Å². The summed E-state index contributed by atoms with van der Waals surface area (Å²) < 4.78 is 5.23. The van der Waals surface area contributed by atoms with Crippen LogP contribution in [0.25, 0.3) is 11.4 Å². The van der Waals surface area contributed by atoms with Crippen LogP contribution in [0.2, 0.25) is 0 Å². The fourth-order valence-corrected chi connectivity index (χ4v) is 2.36. The molecule has 0 unspecified atom stereocenters. The molecule has 0 fully saturated rings. The van der Waals surface area contributed by atoms with E-state index in [0.29, 0.717) is 23.8 Å². The minimum atomic E-state index is 0.576. The molecular formula is C13H11N3OS. The van der Waals surface area contributed by atoms with Crippen LogP contribution in [-0.4, -0.2) is 10.1 Å². The molecule has 18 heavy (non-hydrogen) atoms. The minimum Gasteiger partial charge on any atom is -0.399 e. The number of rotatable bonds is 3. The van der Waals surface area contributed by atoms with Gasteiger partial charge in [-0.15, -0.1) is 0 Å². The van der Waals surface area contributed by atoms with Crippen LogP contribution in [0.3, 0.4) is 0 Å². The summed E-state index contributed by atoms with van der Waals surface area (Å²) in [6.07, 6.45) is 0.665. The van der Waals surface area contributed by atoms with Crippen LogP contribution in [-0.2, 0) is 6.42 Å². The van der Waals surface area contributed by atoms with Crippen molar-refractivity contribution < 1.29 is 4.52 Å². The molecule has 0 radical (unpaired) electrons. The zero-order valence-corrected chi connectivity index (χ0v) is 10.4. The molecule has 3 rings (SSSR count). The van der Waals surface area contributed by atoms with Crippen LogP contribution in [0.4, 0.5) is 5.69 Å². The van der Waals surface area contributed by atoms with Gasteiger partial charge in [-0.1, -0.05) is 17.3 Å². The van der Waals surface area contributed by atoms with Gasteiger partial charge in [0.2, 0.25) is 11.7 Å². The van der Waals surface area contributed by atoms with Crippen molar-refractivity contribution in [2.24, 2.45) is 0 Å². The molecule has 0 saturated carbocycles. The normalized spacial score (nSPS) is 10.7. The smallest absolute Gasteiger partial charge is 0.231 e. The van der Waals surface area contributed by atoms with Crippen LogP contribution in [0.1, 0.15) is 11.5 Å². The maximum absolute atomic E-state index is 5.73. The summed E-state index contributed by atoms with van der Waals surface area (Å²) in [5.41, 5.74) is 8.47. The largest absolute Gasteiger partial charge is 0.399 e. The Labute approximate surface area is 108 Å². The van der Waals surface area contributed by atoms with Gasteiger partial charge in [-0.3, -0.25) is 0 Å². The third kappa shape index (κ3) is 2.26. The average molecular weight is 257 g/mol. The Bertz CT molecular complexity index is 646. The standard InChI is InChI=1S/C13H11N3OS/c14-11-3-1-2-10(7-11)13-15-12(17-16-13)6-9-4-5-18-8-9/h1-5,7-8H,6,14H2. The van der Waals surface area contributed by atoms with Gasteiger partial charge in [0, 0.05) is 11.3 Å². The molecule has 2 N–H and O–H groups in total. The molecule has 5 heteroatoms. The molecule has 0 aliphatic heterocycles. The topological polar surface area (TPSA) is 64.9 Å². The molecular weight excluding hydrogens is 246 g/mol. The molecule has 3 aromatic rings. The Morgan fingerprint density at radius 2 is 2.22 bits per heavy atom. The molecule has 0 atom stereocenters. The Balaban J connectivity index is 1.85. The van der Waals surface area contributed by atoms with Gasteiger partial charge in [-0.25, -0.2) is 0 Å². The second-order valence-electron chi connectivity index (χ2n) is 3.95. The number of anilines is 1. The quantitative estimate of drug-likeness (QED) is 0.732. The Hall–Kier alpha value is -2.14. The monoisotopic (exact) mass is 257 g/mol. The number of thiophene rings is 1. The highest BCUT2D eigenvalue weighted by Crippen LogP contribution is 2.19. The van der Waals surface area contributed by atoms with E-state index in [1.807, 2.05) is 29.6 Å². The molecule has 4 nitrogen and oxygen atoms in total. The third-order valence-corrected chi connectivity index (χ3v) is 3.28. The first-order valence-corrected chi connectivity index (χ1v) is 6.45. The molecule has 90 valence electrons. The van der Waals surface area contributed by atoms with Gasteiger partial charge in [-0.05, 0) is 34.5 Å². The maximum atomic E-state index is 5.73. The molecule has 0 aliphatic rings. The van der Waals surface area contributed by atoms with E-state index in [4.69, 9.17) is 10.3 Å². The van der Waals surface area contributed by atoms with Crippen LogP contribution < -0.4 is 5.73 Å². The zero-order chi connectivity index (χ0) is 12.4. The lowest BCUT2D eigenvalue weighted by atomic mass is 10.2. The van der Waals surface area contributed by atoms with Crippen molar-refractivity contribution in [3.63, 3.8) is 0 Å². The summed E-state index contributed by atoms with van der Waals surface area (Å²) >= 11 is 1.66. The number of nitrogens with zero attached hydrogens (tertiary/aromatic N) is 2. The van der Waals surface area contributed by atoms with E-state index in [1.54, 1.807) is 11.3 Å². The molecule has 2 aromatic heterocycles. The summed E-state index contributed by atoms with van der Waals surface area (Å²) in [4.78, 5) is 4.37. The predicted octanol–water partition coefficient (Wildman–Crippen LogP) is 2.97. The Morgan fingerprint density at radius 1 is 1.28 bits per heavy atom. The molecule has 0 aliphatic carbocycles. The van der Waals surface area contributed by atoms with Crippen molar-refractivity contribution in [3.8, 4) is 11.4 Å². The van der Waals surface area contributed by atoms with E-state index < -0.39 is 0 Å². The fourth-order valence-electron chi connectivity index (χ4n) is 1.69. The number of nitrogen functional groups attached to an aromatic ring is 1. The number of aromatic nitrogens is 2. The van der Waals surface area contributed by atoms with E-state index in [0.717, 1.165) is 5.56 Å². The number of benzene rings is 1. The lowest BCUT2D eigenvalue weighted by Gasteiger charge is -1.95. The SMILES string of the molecule is Nc1cccc(-c2noc(Cc3ccsc3)n2)c1. The number of hydrogen-bond donors (Lipinski definition) is 1. The van der Waals surface area contributed by atoms with Crippen molar-refractivity contribution in [2.45, 2.75) is 6.42 Å². The maximum Gasteiger partial charge on any atom is 0.231 e. The van der Waals surface area contributed by atoms with E-state index in [1.165, 1.54) is 5.56 Å². The molecule has 0 saturated heterocycles. The number of nitrogens with two attached hydrogens (primary N) is 1. The Kier molecular flexibility index (Phi) is 2.82. The van der Waals surface area contributed by atoms with Gasteiger partial charge < -0.3 is 10.3 Å². The van der Waals surface area contributed by atoms with Gasteiger partial charge in [0.15, 0.2) is 0 Å². The van der Waals surface area contributed by atoms with Crippen LogP contribution in [0.15, 0.2) is 45.6 Å². The van der Waals surface area contributed by atoms with Gasteiger partial charge in [0.25, 0.3) is 0 Å². The third-order valence-electron chi connectivity index (χ3n) is 2.55. The Morgan fingerprint density at radius 3 is 3.00 bits per heavy atom. The second kappa shape index (κ2) is 4.62. The van der Waals surface area contributed by atoms with Gasteiger partial charge in [0.1, 0.15) is 0 Å². The zero-order valence-electron chi connectivity index (χ0n) is 9.54. The van der Waals surface area contributed by atoms with Crippen molar-refractivity contribution in [3.05, 3.63) is 52.5 Å². The fraction of sp³-hybridized carbons (Fsp3) is 0.0769. The van der Waals surface area contributed by atoms with Crippen LogP contribution in [0.5, 0.6) is 0 Å². The van der Waals surface area contributed by atoms with Gasteiger partial charge in [-0.2, -0.15) is 16.3 Å². The molecule has 0 bridgehead atoms. The summed E-state index contributed by atoms with van der Waals surface area (Å²) in [6.45, 7) is 0. The average Bonchev–Trinajstić information content (AvgIpc) is 3.01. The van der Waals surface area contributed by atoms with Crippen molar-refractivity contribution in [2.75, 3.05) is 5.73 Å². The summed E-state index contributed by atoms with van der Waals surface area (Å²) in [5.74, 6) is 1.19. The minimum absolute atomic E-state index is 0.576. The highest BCUT2D eigenvalue weighted by Gasteiger charge is 2.09. The van der Waals surface area contributed by atoms with E-state index in [9.17, 15) is 0 Å². The molecule has 0 amide bonds. The summed E-state index contributed by atoms with van der Waals surface area (Å²) in [7, 11) is 0. The van der Waals surface area contributed by atoms with Gasteiger partial charge >= 0.3 is 0 Å². The van der Waals surface area contributed by atoms with Crippen molar-refractivity contribution in [1.29, 1.82) is 0 Å².